The molecule has 0 aliphatic heterocycles. The topological polar surface area (TPSA) is 98.3 Å². The summed E-state index contributed by atoms with van der Waals surface area (Å²) in [6, 6.07) is 12.2. The van der Waals surface area contributed by atoms with Crippen LogP contribution in [0.2, 0.25) is 5.02 Å². The highest BCUT2D eigenvalue weighted by atomic mass is 35.5. The zero-order chi connectivity index (χ0) is 22.8. The summed E-state index contributed by atoms with van der Waals surface area (Å²) in [5.41, 5.74) is 1.62. The SMILES string of the molecule is O=C(/C=C/c1cccc([N+](=O)[O-])c1)Nc1ccc2oc(-c3cc(F)c(F)cc3Cl)nc2c1. The number of halogens is 3. The molecule has 10 heteroatoms. The summed E-state index contributed by atoms with van der Waals surface area (Å²) >= 11 is 5.97. The molecule has 1 N–H and O–H groups in total. The first-order valence-corrected chi connectivity index (χ1v) is 9.47. The van der Waals surface area contributed by atoms with Gasteiger partial charge in [-0.25, -0.2) is 13.8 Å². The highest BCUT2D eigenvalue weighted by molar-refractivity contribution is 6.33. The Morgan fingerprint density at radius 3 is 2.69 bits per heavy atom. The Hall–Kier alpha value is -4.11. The van der Waals surface area contributed by atoms with Gasteiger partial charge in [0.05, 0.1) is 15.5 Å². The van der Waals surface area contributed by atoms with Gasteiger partial charge in [0.15, 0.2) is 17.2 Å². The fraction of sp³-hybridized carbons (Fsp3) is 0. The van der Waals surface area contributed by atoms with E-state index in [1.807, 2.05) is 0 Å². The number of nitro benzene ring substituents is 1. The van der Waals surface area contributed by atoms with Gasteiger partial charge in [-0.05, 0) is 42.0 Å². The summed E-state index contributed by atoms with van der Waals surface area (Å²) in [4.78, 5) is 26.7. The number of rotatable bonds is 5. The van der Waals surface area contributed by atoms with Crippen molar-refractivity contribution in [1.29, 1.82) is 0 Å². The summed E-state index contributed by atoms with van der Waals surface area (Å²) in [5.74, 6) is -2.64. The molecule has 0 saturated carbocycles. The van der Waals surface area contributed by atoms with Gasteiger partial charge >= 0.3 is 0 Å². The lowest BCUT2D eigenvalue weighted by Gasteiger charge is -2.01. The van der Waals surface area contributed by atoms with Crippen molar-refractivity contribution in [3.8, 4) is 11.5 Å². The number of amides is 1. The number of benzene rings is 3. The Balaban J connectivity index is 1.53. The molecule has 4 rings (SSSR count). The maximum atomic E-state index is 13.6. The lowest BCUT2D eigenvalue weighted by atomic mass is 10.2. The van der Waals surface area contributed by atoms with Gasteiger partial charge in [0.1, 0.15) is 5.52 Å². The van der Waals surface area contributed by atoms with E-state index in [1.165, 1.54) is 36.4 Å². The van der Waals surface area contributed by atoms with Crippen LogP contribution in [0.5, 0.6) is 0 Å². The van der Waals surface area contributed by atoms with Crippen LogP contribution in [0.4, 0.5) is 20.2 Å². The number of nitrogens with one attached hydrogen (secondary N) is 1. The van der Waals surface area contributed by atoms with Gasteiger partial charge < -0.3 is 9.73 Å². The van der Waals surface area contributed by atoms with Crippen LogP contribution in [0, 0.1) is 21.7 Å². The predicted octanol–water partition coefficient (Wildman–Crippen LogP) is 5.99. The van der Waals surface area contributed by atoms with Crippen LogP contribution in [-0.4, -0.2) is 15.8 Å². The molecule has 3 aromatic carbocycles. The minimum Gasteiger partial charge on any atom is -0.436 e. The van der Waals surface area contributed by atoms with Crippen molar-refractivity contribution < 1.29 is 22.9 Å². The number of non-ortho nitro benzene ring substituents is 1. The Bertz CT molecular complexity index is 1400. The molecule has 1 heterocycles. The molecule has 0 aliphatic rings. The molecule has 1 aromatic heterocycles. The van der Waals surface area contributed by atoms with E-state index in [9.17, 15) is 23.7 Å². The molecule has 0 spiro atoms. The zero-order valence-corrected chi connectivity index (χ0v) is 16.8. The van der Waals surface area contributed by atoms with E-state index < -0.39 is 22.5 Å². The molecule has 32 heavy (non-hydrogen) atoms. The lowest BCUT2D eigenvalue weighted by molar-refractivity contribution is -0.384. The summed E-state index contributed by atoms with van der Waals surface area (Å²) in [5, 5.41) is 13.4. The molecular formula is C22H12ClF2N3O4. The fourth-order valence-electron chi connectivity index (χ4n) is 2.90. The smallest absolute Gasteiger partial charge is 0.270 e. The number of hydrogen-bond acceptors (Lipinski definition) is 5. The number of aromatic nitrogens is 1. The minimum absolute atomic E-state index is 0.00190. The highest BCUT2D eigenvalue weighted by Gasteiger charge is 2.16. The van der Waals surface area contributed by atoms with E-state index in [2.05, 4.69) is 10.3 Å². The van der Waals surface area contributed by atoms with Crippen molar-refractivity contribution in [3.05, 3.63) is 93.0 Å². The molecule has 1 amide bonds. The quantitative estimate of drug-likeness (QED) is 0.172. The summed E-state index contributed by atoms with van der Waals surface area (Å²) < 4.78 is 32.4. The largest absolute Gasteiger partial charge is 0.436 e. The third-order valence-electron chi connectivity index (χ3n) is 4.40. The van der Waals surface area contributed by atoms with Crippen LogP contribution in [0.15, 0.2) is 65.1 Å². The number of oxazole rings is 1. The summed E-state index contributed by atoms with van der Waals surface area (Å²) in [6.07, 6.45) is 2.68. The van der Waals surface area contributed by atoms with Gasteiger partial charge in [-0.1, -0.05) is 23.7 Å². The van der Waals surface area contributed by atoms with Gasteiger partial charge in [-0.15, -0.1) is 0 Å². The third-order valence-corrected chi connectivity index (χ3v) is 4.72. The maximum Gasteiger partial charge on any atom is 0.270 e. The molecule has 0 unspecified atom stereocenters. The van der Waals surface area contributed by atoms with Crippen LogP contribution in [-0.2, 0) is 4.79 Å². The third kappa shape index (κ3) is 4.47. The van der Waals surface area contributed by atoms with E-state index in [4.69, 9.17) is 16.0 Å². The van der Waals surface area contributed by atoms with Crippen molar-refractivity contribution in [2.75, 3.05) is 5.32 Å². The van der Waals surface area contributed by atoms with Gasteiger partial charge in [-0.3, -0.25) is 14.9 Å². The molecule has 0 saturated heterocycles. The number of carbonyl (C=O) groups is 1. The molecule has 7 nitrogen and oxygen atoms in total. The van der Waals surface area contributed by atoms with Crippen molar-refractivity contribution in [2.45, 2.75) is 0 Å². The number of anilines is 1. The number of carbonyl (C=O) groups excluding carboxylic acids is 1. The standard InChI is InChI=1S/C22H12ClF2N3O4/c23-16-11-18(25)17(24)10-15(16)22-27-19-9-13(5-6-20(19)32-22)26-21(29)7-4-12-2-1-3-14(8-12)28(30)31/h1-11H,(H,26,29)/b7-4+. The maximum absolute atomic E-state index is 13.6. The molecule has 0 atom stereocenters. The zero-order valence-electron chi connectivity index (χ0n) is 16.0. The second-order valence-electron chi connectivity index (χ2n) is 6.62. The number of fused-ring (bicyclic) bond motifs is 1. The van der Waals surface area contributed by atoms with E-state index >= 15 is 0 Å². The Morgan fingerprint density at radius 1 is 1.12 bits per heavy atom. The first kappa shape index (κ1) is 21.1. The first-order valence-electron chi connectivity index (χ1n) is 9.09. The van der Waals surface area contributed by atoms with Crippen LogP contribution >= 0.6 is 11.6 Å². The molecule has 4 aromatic rings. The Labute approximate surface area is 184 Å². The normalized spacial score (nSPS) is 11.2. The average molecular weight is 456 g/mol. The number of nitrogens with zero attached hydrogens (tertiary/aromatic N) is 2. The van der Waals surface area contributed by atoms with Gasteiger partial charge in [0.2, 0.25) is 11.8 Å². The van der Waals surface area contributed by atoms with Crippen molar-refractivity contribution in [3.63, 3.8) is 0 Å². The van der Waals surface area contributed by atoms with Crippen molar-refractivity contribution in [2.24, 2.45) is 0 Å². The van der Waals surface area contributed by atoms with Crippen LogP contribution in [0.3, 0.4) is 0 Å². The van der Waals surface area contributed by atoms with E-state index in [0.717, 1.165) is 12.1 Å². The predicted molar refractivity (Wildman–Crippen MR) is 115 cm³/mol. The minimum atomic E-state index is -1.09. The lowest BCUT2D eigenvalue weighted by Crippen LogP contribution is -2.07. The molecule has 0 bridgehead atoms. The highest BCUT2D eigenvalue weighted by Crippen LogP contribution is 2.32. The Kier molecular flexibility index (Phi) is 5.65. The van der Waals surface area contributed by atoms with Crippen LogP contribution < -0.4 is 5.32 Å². The second kappa shape index (κ2) is 8.56. The molecule has 160 valence electrons. The molecular weight excluding hydrogens is 444 g/mol. The summed E-state index contributed by atoms with van der Waals surface area (Å²) in [7, 11) is 0. The first-order chi connectivity index (χ1) is 15.3. The molecule has 0 radical (unpaired) electrons. The fourth-order valence-corrected chi connectivity index (χ4v) is 3.14. The second-order valence-corrected chi connectivity index (χ2v) is 7.03. The number of hydrogen-bond donors (Lipinski definition) is 1. The van der Waals surface area contributed by atoms with Crippen LogP contribution in [0.1, 0.15) is 5.56 Å². The van der Waals surface area contributed by atoms with Crippen molar-refractivity contribution >= 4 is 46.1 Å². The average Bonchev–Trinajstić information content (AvgIpc) is 3.18. The van der Waals surface area contributed by atoms with E-state index in [0.29, 0.717) is 22.4 Å². The molecule has 0 aliphatic carbocycles. The van der Waals surface area contributed by atoms with Gasteiger partial charge in [-0.2, -0.15) is 0 Å². The van der Waals surface area contributed by atoms with E-state index in [-0.39, 0.29) is 22.2 Å². The number of nitro groups is 1. The van der Waals surface area contributed by atoms with Crippen LogP contribution in [0.25, 0.3) is 28.6 Å². The molecule has 0 fully saturated rings. The summed E-state index contributed by atoms with van der Waals surface area (Å²) in [6.45, 7) is 0. The van der Waals surface area contributed by atoms with Gasteiger partial charge in [0, 0.05) is 23.9 Å². The Morgan fingerprint density at radius 2 is 1.91 bits per heavy atom. The van der Waals surface area contributed by atoms with Crippen molar-refractivity contribution in [1.82, 2.24) is 4.98 Å². The monoisotopic (exact) mass is 455 g/mol. The van der Waals surface area contributed by atoms with Gasteiger partial charge in [0.25, 0.3) is 5.69 Å². The van der Waals surface area contributed by atoms with E-state index in [1.54, 1.807) is 18.2 Å².